The Balaban J connectivity index is 1.89. The summed E-state index contributed by atoms with van der Waals surface area (Å²) < 4.78 is 59.9. The van der Waals surface area contributed by atoms with Gasteiger partial charge in [0.25, 0.3) is 0 Å². The van der Waals surface area contributed by atoms with Gasteiger partial charge in [0, 0.05) is 12.1 Å². The predicted octanol–water partition coefficient (Wildman–Crippen LogP) is 5.15. The summed E-state index contributed by atoms with van der Waals surface area (Å²) in [6.45, 7) is 3.27. The van der Waals surface area contributed by atoms with Crippen LogP contribution in [0.25, 0.3) is 0 Å². The number of sulfonamides is 1. The molecule has 0 fully saturated rings. The van der Waals surface area contributed by atoms with E-state index in [-0.39, 0.29) is 34.3 Å². The number of nitrogen functional groups attached to an aromatic ring is 1. The molecule has 3 rings (SSSR count). The van der Waals surface area contributed by atoms with Crippen molar-refractivity contribution >= 4 is 32.8 Å². The molecule has 0 bridgehead atoms. The van der Waals surface area contributed by atoms with Crippen molar-refractivity contribution in [2.45, 2.75) is 13.8 Å². The maximum Gasteiger partial charge on any atom is 0.232 e. The van der Waals surface area contributed by atoms with Crippen LogP contribution in [-0.4, -0.2) is 14.2 Å². The molecule has 0 aliphatic carbocycles. The molecule has 0 saturated heterocycles. The number of hydrogen-bond acceptors (Lipinski definition) is 5. The Morgan fingerprint density at radius 3 is 2.50 bits per heavy atom. The van der Waals surface area contributed by atoms with Crippen LogP contribution in [0.1, 0.15) is 12.5 Å². The first kappa shape index (κ1) is 21.4. The molecule has 0 aliphatic heterocycles. The van der Waals surface area contributed by atoms with E-state index in [1.165, 1.54) is 25.1 Å². The van der Waals surface area contributed by atoms with E-state index in [0.29, 0.717) is 5.69 Å². The van der Waals surface area contributed by atoms with Crippen LogP contribution in [0.4, 0.5) is 31.5 Å². The van der Waals surface area contributed by atoms with Crippen molar-refractivity contribution in [3.8, 4) is 11.5 Å². The van der Waals surface area contributed by atoms with Gasteiger partial charge < -0.3 is 15.8 Å². The van der Waals surface area contributed by atoms with Gasteiger partial charge >= 0.3 is 0 Å². The molecule has 0 saturated carbocycles. The Morgan fingerprint density at radius 2 is 1.80 bits per heavy atom. The van der Waals surface area contributed by atoms with Gasteiger partial charge in [-0.2, -0.15) is 0 Å². The monoisotopic (exact) mass is 433 g/mol. The first-order valence-electron chi connectivity index (χ1n) is 9.07. The van der Waals surface area contributed by atoms with E-state index in [1.807, 2.05) is 0 Å². The van der Waals surface area contributed by atoms with Gasteiger partial charge in [-0.25, -0.2) is 17.2 Å². The molecule has 0 heterocycles. The lowest BCUT2D eigenvalue weighted by molar-refractivity contribution is 0.480. The average Bonchev–Trinajstić information content (AvgIpc) is 2.67. The van der Waals surface area contributed by atoms with Gasteiger partial charge in [0.2, 0.25) is 10.0 Å². The highest BCUT2D eigenvalue weighted by molar-refractivity contribution is 7.92. The molecule has 158 valence electrons. The van der Waals surface area contributed by atoms with Crippen LogP contribution in [0.15, 0.2) is 54.6 Å². The Morgan fingerprint density at radius 1 is 1.03 bits per heavy atom. The van der Waals surface area contributed by atoms with Crippen LogP contribution in [0, 0.1) is 18.6 Å². The molecule has 30 heavy (non-hydrogen) atoms. The van der Waals surface area contributed by atoms with Crippen LogP contribution in [0.5, 0.6) is 11.5 Å². The third kappa shape index (κ3) is 5.18. The third-order valence-corrected chi connectivity index (χ3v) is 5.52. The number of ether oxygens (including phenoxy) is 1. The van der Waals surface area contributed by atoms with E-state index in [1.54, 1.807) is 31.2 Å². The van der Waals surface area contributed by atoms with Gasteiger partial charge in [-0.15, -0.1) is 0 Å². The number of rotatable bonds is 7. The molecule has 0 aliphatic rings. The van der Waals surface area contributed by atoms with Gasteiger partial charge in [0.1, 0.15) is 17.4 Å². The Bertz CT molecular complexity index is 1180. The lowest BCUT2D eigenvalue weighted by Crippen LogP contribution is -2.14. The van der Waals surface area contributed by atoms with Gasteiger partial charge in [-0.3, -0.25) is 4.72 Å². The van der Waals surface area contributed by atoms with Gasteiger partial charge in [0.15, 0.2) is 5.75 Å². The molecule has 3 aromatic carbocycles. The second-order valence-electron chi connectivity index (χ2n) is 6.61. The summed E-state index contributed by atoms with van der Waals surface area (Å²) in [5.41, 5.74) is 7.48. The summed E-state index contributed by atoms with van der Waals surface area (Å²) >= 11 is 0. The van der Waals surface area contributed by atoms with Crippen molar-refractivity contribution in [3.63, 3.8) is 0 Å². The average molecular weight is 433 g/mol. The number of halogens is 2. The number of nitrogens with two attached hydrogens (primary N) is 1. The minimum atomic E-state index is -3.46. The molecule has 4 N–H and O–H groups in total. The molecule has 3 aromatic rings. The van der Waals surface area contributed by atoms with Gasteiger partial charge in [0.05, 0.1) is 28.5 Å². The fourth-order valence-electron chi connectivity index (χ4n) is 2.65. The summed E-state index contributed by atoms with van der Waals surface area (Å²) in [5.74, 6) is -0.981. The fraction of sp³-hybridized carbons (Fsp3) is 0.143. The van der Waals surface area contributed by atoms with Crippen LogP contribution in [-0.2, 0) is 10.0 Å². The van der Waals surface area contributed by atoms with Crippen LogP contribution in [0.3, 0.4) is 0 Å². The highest BCUT2D eigenvalue weighted by atomic mass is 32.2. The molecule has 0 aromatic heterocycles. The zero-order chi connectivity index (χ0) is 21.9. The van der Waals surface area contributed by atoms with Gasteiger partial charge in [-0.1, -0.05) is 12.1 Å². The third-order valence-electron chi connectivity index (χ3n) is 4.22. The quantitative estimate of drug-likeness (QED) is 0.448. The van der Waals surface area contributed by atoms with E-state index in [4.69, 9.17) is 10.5 Å². The summed E-state index contributed by atoms with van der Waals surface area (Å²) in [7, 11) is -3.46. The fourth-order valence-corrected chi connectivity index (χ4v) is 3.28. The second kappa shape index (κ2) is 8.58. The standard InChI is InChI=1S/C21H21F2N3O3S/c1-3-30(27,28)26-15-5-4-6-16(12-15)29-20-11-14(22)10-19(21(20)24)25-18-8-7-13(2)9-17(18)23/h4-12,25-26H,3,24H2,1-2H3. The Labute approximate surface area is 173 Å². The topological polar surface area (TPSA) is 93.5 Å². The van der Waals surface area contributed by atoms with E-state index in [2.05, 4.69) is 10.0 Å². The highest BCUT2D eigenvalue weighted by Gasteiger charge is 2.14. The van der Waals surface area contributed by atoms with Crippen molar-refractivity contribution in [3.05, 3.63) is 71.8 Å². The maximum atomic E-state index is 14.2. The van der Waals surface area contributed by atoms with Crippen molar-refractivity contribution in [1.29, 1.82) is 0 Å². The van der Waals surface area contributed by atoms with Crippen molar-refractivity contribution in [2.24, 2.45) is 0 Å². The summed E-state index contributed by atoms with van der Waals surface area (Å²) in [6.07, 6.45) is 0. The summed E-state index contributed by atoms with van der Waals surface area (Å²) in [4.78, 5) is 0. The molecule has 0 unspecified atom stereocenters. The normalized spacial score (nSPS) is 11.2. The molecular formula is C21H21F2N3O3S. The molecule has 0 amide bonds. The minimum absolute atomic E-state index is 0.000480. The Hall–Kier alpha value is -3.33. The first-order chi connectivity index (χ1) is 14.2. The van der Waals surface area contributed by atoms with Crippen LogP contribution in [0.2, 0.25) is 0 Å². The van der Waals surface area contributed by atoms with E-state index >= 15 is 0 Å². The highest BCUT2D eigenvalue weighted by Crippen LogP contribution is 2.37. The predicted molar refractivity (Wildman–Crippen MR) is 115 cm³/mol. The van der Waals surface area contributed by atoms with Crippen molar-refractivity contribution in [2.75, 3.05) is 21.5 Å². The molecule has 0 spiro atoms. The molecule has 0 radical (unpaired) electrons. The number of benzene rings is 3. The smallest absolute Gasteiger partial charge is 0.232 e. The number of aryl methyl sites for hydroxylation is 1. The van der Waals surface area contributed by atoms with Crippen LogP contribution >= 0.6 is 0 Å². The van der Waals surface area contributed by atoms with Crippen LogP contribution < -0.4 is 20.5 Å². The van der Waals surface area contributed by atoms with E-state index in [0.717, 1.165) is 17.7 Å². The summed E-state index contributed by atoms with van der Waals surface area (Å²) in [5, 5.41) is 2.77. The van der Waals surface area contributed by atoms with Crippen molar-refractivity contribution in [1.82, 2.24) is 0 Å². The van der Waals surface area contributed by atoms with E-state index in [9.17, 15) is 17.2 Å². The molecule has 6 nitrogen and oxygen atoms in total. The molecular weight excluding hydrogens is 412 g/mol. The van der Waals surface area contributed by atoms with Crippen molar-refractivity contribution < 1.29 is 21.9 Å². The number of anilines is 4. The zero-order valence-corrected chi connectivity index (χ0v) is 17.2. The second-order valence-corrected chi connectivity index (χ2v) is 8.62. The SMILES string of the molecule is CCS(=O)(=O)Nc1cccc(Oc2cc(F)cc(Nc3ccc(C)cc3F)c2N)c1. The maximum absolute atomic E-state index is 14.2. The molecule has 0 atom stereocenters. The lowest BCUT2D eigenvalue weighted by atomic mass is 10.2. The number of nitrogens with one attached hydrogen (secondary N) is 2. The lowest BCUT2D eigenvalue weighted by Gasteiger charge is -2.15. The zero-order valence-electron chi connectivity index (χ0n) is 16.4. The van der Waals surface area contributed by atoms with E-state index < -0.39 is 21.7 Å². The van der Waals surface area contributed by atoms with Gasteiger partial charge in [-0.05, 0) is 49.7 Å². The minimum Gasteiger partial charge on any atom is -0.455 e. The summed E-state index contributed by atoms with van der Waals surface area (Å²) in [6, 6.07) is 13.0. The number of hydrogen-bond donors (Lipinski definition) is 3. The largest absolute Gasteiger partial charge is 0.455 e. The Kier molecular flexibility index (Phi) is 6.12. The molecule has 9 heteroatoms. The first-order valence-corrected chi connectivity index (χ1v) is 10.7.